The molecule has 2 fully saturated rings. The molecule has 21 heavy (non-hydrogen) atoms. The fourth-order valence-corrected chi connectivity index (χ4v) is 3.96. The summed E-state index contributed by atoms with van der Waals surface area (Å²) in [5.41, 5.74) is 1.64. The van der Waals surface area contributed by atoms with E-state index >= 15 is 0 Å². The zero-order chi connectivity index (χ0) is 14.5. The maximum atomic E-state index is 8.78. The predicted octanol–water partition coefficient (Wildman–Crippen LogP) is 2.09. The first-order valence-electron chi connectivity index (χ1n) is 7.64. The number of pyridine rings is 1. The smallest absolute Gasteiger partial charge is 0.101 e. The second kappa shape index (κ2) is 7.26. The van der Waals surface area contributed by atoms with Crippen LogP contribution in [0.15, 0.2) is 18.3 Å². The fourth-order valence-electron chi connectivity index (χ4n) is 2.98. The highest BCUT2D eigenvalue weighted by molar-refractivity contribution is 7.99. The molecule has 2 aliphatic heterocycles. The minimum absolute atomic E-state index is 0.287. The van der Waals surface area contributed by atoms with Crippen LogP contribution in [-0.2, 0) is 11.2 Å². The van der Waals surface area contributed by atoms with Crippen molar-refractivity contribution in [1.29, 1.82) is 5.26 Å². The molecule has 2 atom stereocenters. The molecule has 2 aliphatic rings. The van der Waals surface area contributed by atoms with Crippen LogP contribution in [0, 0.1) is 11.3 Å². The summed E-state index contributed by atoms with van der Waals surface area (Å²) in [6, 6.07) is 5.87. The minimum atomic E-state index is 0.287. The molecule has 0 amide bonds. The van der Waals surface area contributed by atoms with Crippen molar-refractivity contribution in [2.45, 2.75) is 31.5 Å². The molecular weight excluding hydrogens is 282 g/mol. The molecule has 0 aromatic carbocycles. The van der Waals surface area contributed by atoms with Gasteiger partial charge in [-0.05, 0) is 25.0 Å². The highest BCUT2D eigenvalue weighted by Gasteiger charge is 2.27. The van der Waals surface area contributed by atoms with Crippen LogP contribution in [0.2, 0.25) is 0 Å². The third kappa shape index (κ3) is 4.19. The average Bonchev–Trinajstić information content (AvgIpc) is 2.96. The van der Waals surface area contributed by atoms with Crippen molar-refractivity contribution in [3.8, 4) is 6.07 Å². The van der Waals surface area contributed by atoms with E-state index in [1.54, 1.807) is 6.20 Å². The SMILES string of the molecule is N#Cc1ccc(C[C@@H]2CC[C@H](CN3CCSCC3)O2)nc1. The van der Waals surface area contributed by atoms with Crippen LogP contribution in [0.5, 0.6) is 0 Å². The molecule has 5 heteroatoms. The number of thioether (sulfide) groups is 1. The Hall–Kier alpha value is -1.09. The topological polar surface area (TPSA) is 49.2 Å². The third-order valence-electron chi connectivity index (χ3n) is 4.15. The van der Waals surface area contributed by atoms with Crippen molar-refractivity contribution < 1.29 is 4.74 Å². The number of ether oxygens (including phenoxy) is 1. The highest BCUT2D eigenvalue weighted by Crippen LogP contribution is 2.24. The van der Waals surface area contributed by atoms with Crippen LogP contribution < -0.4 is 0 Å². The molecular formula is C16H21N3OS. The molecule has 2 saturated heterocycles. The van der Waals surface area contributed by atoms with E-state index in [2.05, 4.69) is 16.0 Å². The molecule has 0 N–H and O–H groups in total. The van der Waals surface area contributed by atoms with Gasteiger partial charge in [0.25, 0.3) is 0 Å². The summed E-state index contributed by atoms with van der Waals surface area (Å²) in [4.78, 5) is 6.87. The van der Waals surface area contributed by atoms with E-state index < -0.39 is 0 Å². The third-order valence-corrected chi connectivity index (χ3v) is 5.09. The largest absolute Gasteiger partial charge is 0.373 e. The maximum Gasteiger partial charge on any atom is 0.101 e. The van der Waals surface area contributed by atoms with E-state index in [0.717, 1.165) is 31.5 Å². The Morgan fingerprint density at radius 3 is 2.81 bits per heavy atom. The van der Waals surface area contributed by atoms with Crippen molar-refractivity contribution in [2.75, 3.05) is 31.1 Å². The molecule has 1 aromatic heterocycles. The monoisotopic (exact) mass is 303 g/mol. The van der Waals surface area contributed by atoms with E-state index in [9.17, 15) is 0 Å². The minimum Gasteiger partial charge on any atom is -0.373 e. The van der Waals surface area contributed by atoms with Gasteiger partial charge >= 0.3 is 0 Å². The van der Waals surface area contributed by atoms with Crippen molar-refractivity contribution in [1.82, 2.24) is 9.88 Å². The van der Waals surface area contributed by atoms with Crippen LogP contribution in [0.1, 0.15) is 24.1 Å². The van der Waals surface area contributed by atoms with Gasteiger partial charge in [0.05, 0.1) is 17.8 Å². The average molecular weight is 303 g/mol. The Bertz CT molecular complexity index is 493. The van der Waals surface area contributed by atoms with Gasteiger partial charge in [-0.15, -0.1) is 0 Å². The number of nitriles is 1. The second-order valence-corrected chi connectivity index (χ2v) is 6.95. The van der Waals surface area contributed by atoms with Crippen molar-refractivity contribution in [3.63, 3.8) is 0 Å². The Morgan fingerprint density at radius 2 is 2.10 bits per heavy atom. The Kier molecular flexibility index (Phi) is 5.13. The number of nitrogens with zero attached hydrogens (tertiary/aromatic N) is 3. The Labute approximate surface area is 130 Å². The number of rotatable bonds is 4. The van der Waals surface area contributed by atoms with E-state index in [4.69, 9.17) is 10.00 Å². The zero-order valence-electron chi connectivity index (χ0n) is 12.2. The first-order chi connectivity index (χ1) is 10.3. The van der Waals surface area contributed by atoms with Crippen molar-refractivity contribution in [2.24, 2.45) is 0 Å². The lowest BCUT2D eigenvalue weighted by molar-refractivity contribution is 0.0247. The van der Waals surface area contributed by atoms with Gasteiger partial charge in [-0.3, -0.25) is 9.88 Å². The summed E-state index contributed by atoms with van der Waals surface area (Å²) in [7, 11) is 0. The molecule has 0 unspecified atom stereocenters. The Balaban J connectivity index is 1.46. The molecule has 0 radical (unpaired) electrons. The highest BCUT2D eigenvalue weighted by atomic mass is 32.2. The second-order valence-electron chi connectivity index (χ2n) is 5.72. The lowest BCUT2D eigenvalue weighted by Crippen LogP contribution is -2.38. The van der Waals surface area contributed by atoms with Gasteiger partial charge in [-0.25, -0.2) is 0 Å². The molecule has 3 heterocycles. The van der Waals surface area contributed by atoms with Crippen molar-refractivity contribution >= 4 is 11.8 Å². The van der Waals surface area contributed by atoms with Gasteiger partial charge < -0.3 is 4.74 Å². The standard InChI is InChI=1S/C16H21N3OS/c17-10-13-1-2-14(18-11-13)9-15-3-4-16(20-15)12-19-5-7-21-8-6-19/h1-2,11,15-16H,3-9,12H2/t15-,16+/m0/s1. The normalized spacial score (nSPS) is 26.6. The van der Waals surface area contributed by atoms with E-state index in [-0.39, 0.29) is 6.10 Å². The van der Waals surface area contributed by atoms with Crippen LogP contribution >= 0.6 is 11.8 Å². The van der Waals surface area contributed by atoms with Gasteiger partial charge in [0.2, 0.25) is 0 Å². The molecule has 112 valence electrons. The number of hydrogen-bond acceptors (Lipinski definition) is 5. The molecule has 4 nitrogen and oxygen atoms in total. The molecule has 0 saturated carbocycles. The first kappa shape index (κ1) is 14.8. The molecule has 1 aromatic rings. The quantitative estimate of drug-likeness (QED) is 0.852. The summed E-state index contributed by atoms with van der Waals surface area (Å²) in [6.07, 6.45) is 5.45. The Morgan fingerprint density at radius 1 is 1.29 bits per heavy atom. The maximum absolute atomic E-state index is 8.78. The zero-order valence-corrected chi connectivity index (χ0v) is 13.0. The fraction of sp³-hybridized carbons (Fsp3) is 0.625. The van der Waals surface area contributed by atoms with Gasteiger partial charge in [0.15, 0.2) is 0 Å². The molecule has 0 bridgehead atoms. The molecule has 3 rings (SSSR count). The number of aromatic nitrogens is 1. The van der Waals surface area contributed by atoms with Crippen LogP contribution in [-0.4, -0.2) is 53.2 Å². The van der Waals surface area contributed by atoms with Gasteiger partial charge in [-0.1, -0.05) is 0 Å². The van der Waals surface area contributed by atoms with E-state index in [1.165, 1.54) is 24.6 Å². The summed E-state index contributed by atoms with van der Waals surface area (Å²) < 4.78 is 6.17. The van der Waals surface area contributed by atoms with Gasteiger partial charge in [-0.2, -0.15) is 17.0 Å². The lowest BCUT2D eigenvalue weighted by atomic mass is 10.1. The van der Waals surface area contributed by atoms with E-state index in [1.807, 2.05) is 23.9 Å². The van der Waals surface area contributed by atoms with Gasteiger partial charge in [0, 0.05) is 49.5 Å². The van der Waals surface area contributed by atoms with E-state index in [0.29, 0.717) is 11.7 Å². The summed E-state index contributed by atoms with van der Waals surface area (Å²) in [5.74, 6) is 2.51. The summed E-state index contributed by atoms with van der Waals surface area (Å²) >= 11 is 2.05. The lowest BCUT2D eigenvalue weighted by Gasteiger charge is -2.28. The predicted molar refractivity (Wildman–Crippen MR) is 84.3 cm³/mol. The molecule has 0 spiro atoms. The summed E-state index contributed by atoms with van der Waals surface area (Å²) in [6.45, 7) is 3.48. The van der Waals surface area contributed by atoms with Crippen LogP contribution in [0.25, 0.3) is 0 Å². The van der Waals surface area contributed by atoms with Crippen LogP contribution in [0.4, 0.5) is 0 Å². The summed E-state index contributed by atoms with van der Waals surface area (Å²) in [5, 5.41) is 8.78. The number of hydrogen-bond donors (Lipinski definition) is 0. The van der Waals surface area contributed by atoms with Gasteiger partial charge in [0.1, 0.15) is 6.07 Å². The van der Waals surface area contributed by atoms with Crippen molar-refractivity contribution in [3.05, 3.63) is 29.6 Å². The first-order valence-corrected chi connectivity index (χ1v) is 8.79. The molecule has 0 aliphatic carbocycles. The van der Waals surface area contributed by atoms with Crippen LogP contribution in [0.3, 0.4) is 0 Å².